The van der Waals surface area contributed by atoms with Crippen molar-refractivity contribution in [1.82, 2.24) is 10.2 Å². The smallest absolute Gasteiger partial charge is 0.234 e. The van der Waals surface area contributed by atoms with Gasteiger partial charge in [0.15, 0.2) is 0 Å². The molecule has 1 aromatic carbocycles. The summed E-state index contributed by atoms with van der Waals surface area (Å²) in [6.45, 7) is 14.6. The molecule has 1 saturated carbocycles. The van der Waals surface area contributed by atoms with Crippen LogP contribution in [0.1, 0.15) is 77.7 Å². The van der Waals surface area contributed by atoms with Crippen molar-refractivity contribution in [2.75, 3.05) is 44.2 Å². The summed E-state index contributed by atoms with van der Waals surface area (Å²) in [5.74, 6) is 1.73. The highest BCUT2D eigenvalue weighted by Gasteiger charge is 2.31. The average Bonchev–Trinajstić information content (AvgIpc) is 2.74. The van der Waals surface area contributed by atoms with Crippen molar-refractivity contribution in [3.63, 3.8) is 0 Å². The van der Waals surface area contributed by atoms with Gasteiger partial charge < -0.3 is 10.2 Å². The van der Waals surface area contributed by atoms with Gasteiger partial charge in [0.2, 0.25) is 5.91 Å². The standard InChI is InChI=1S/C26H43N3O/c1-5-6-15-27-25(30)20-28-16-18-29(19-17-28)24-10-8-7-9-23(24)21-11-13-22(14-12-21)26(2,3)4/h7-10,21-22H,5-6,11-20H2,1-4H3,(H,27,30). The maximum atomic E-state index is 12.1. The van der Waals surface area contributed by atoms with Crippen molar-refractivity contribution in [3.8, 4) is 0 Å². The van der Waals surface area contributed by atoms with Crippen LogP contribution < -0.4 is 10.2 Å². The lowest BCUT2D eigenvalue weighted by Gasteiger charge is -2.40. The lowest BCUT2D eigenvalue weighted by molar-refractivity contribution is -0.122. The third-order valence-electron chi connectivity index (χ3n) is 7.26. The zero-order chi connectivity index (χ0) is 21.6. The van der Waals surface area contributed by atoms with Crippen molar-refractivity contribution in [3.05, 3.63) is 29.8 Å². The minimum absolute atomic E-state index is 0.174. The highest BCUT2D eigenvalue weighted by Crippen LogP contribution is 2.45. The van der Waals surface area contributed by atoms with Gasteiger partial charge in [-0.15, -0.1) is 0 Å². The molecule has 1 N–H and O–H groups in total. The second kappa shape index (κ2) is 10.7. The number of nitrogens with zero attached hydrogens (tertiary/aromatic N) is 2. The van der Waals surface area contributed by atoms with Crippen LogP contribution in [0.5, 0.6) is 0 Å². The van der Waals surface area contributed by atoms with E-state index in [9.17, 15) is 4.79 Å². The normalized spacial score (nSPS) is 23.4. The van der Waals surface area contributed by atoms with E-state index in [1.54, 1.807) is 5.56 Å². The molecule has 0 bridgehead atoms. The zero-order valence-corrected chi connectivity index (χ0v) is 19.8. The van der Waals surface area contributed by atoms with Gasteiger partial charge in [0, 0.05) is 38.4 Å². The van der Waals surface area contributed by atoms with Gasteiger partial charge in [-0.1, -0.05) is 52.3 Å². The largest absolute Gasteiger partial charge is 0.369 e. The first-order valence-corrected chi connectivity index (χ1v) is 12.2. The molecule has 1 amide bonds. The Hall–Kier alpha value is -1.55. The number of anilines is 1. The second-order valence-corrected chi connectivity index (χ2v) is 10.4. The molecule has 0 spiro atoms. The van der Waals surface area contributed by atoms with E-state index in [4.69, 9.17) is 0 Å². The Morgan fingerprint density at radius 1 is 1.03 bits per heavy atom. The lowest BCUT2D eigenvalue weighted by atomic mass is 9.68. The van der Waals surface area contributed by atoms with E-state index in [0.717, 1.165) is 51.5 Å². The summed E-state index contributed by atoms with van der Waals surface area (Å²) >= 11 is 0. The molecule has 30 heavy (non-hydrogen) atoms. The van der Waals surface area contributed by atoms with Crippen LogP contribution in [0.2, 0.25) is 0 Å². The number of para-hydroxylation sites is 1. The van der Waals surface area contributed by atoms with Gasteiger partial charge >= 0.3 is 0 Å². The summed E-state index contributed by atoms with van der Waals surface area (Å²) in [5, 5.41) is 3.05. The monoisotopic (exact) mass is 413 g/mol. The molecule has 4 nitrogen and oxygen atoms in total. The van der Waals surface area contributed by atoms with Crippen LogP contribution in [0.3, 0.4) is 0 Å². The predicted molar refractivity (Wildman–Crippen MR) is 127 cm³/mol. The molecule has 3 rings (SSSR count). The molecule has 0 atom stereocenters. The van der Waals surface area contributed by atoms with Crippen molar-refractivity contribution >= 4 is 11.6 Å². The minimum atomic E-state index is 0.174. The number of unbranched alkanes of at least 4 members (excludes halogenated alkanes) is 1. The molecule has 0 radical (unpaired) electrons. The molecule has 4 heteroatoms. The Balaban J connectivity index is 1.54. The maximum Gasteiger partial charge on any atom is 0.234 e. The lowest BCUT2D eigenvalue weighted by Crippen LogP contribution is -2.49. The van der Waals surface area contributed by atoms with E-state index in [-0.39, 0.29) is 5.91 Å². The molecule has 2 fully saturated rings. The highest BCUT2D eigenvalue weighted by atomic mass is 16.2. The number of piperazine rings is 1. The number of benzene rings is 1. The molecular formula is C26H43N3O. The van der Waals surface area contributed by atoms with Gasteiger partial charge in [-0.2, -0.15) is 0 Å². The minimum Gasteiger partial charge on any atom is -0.369 e. The Morgan fingerprint density at radius 3 is 2.33 bits per heavy atom. The summed E-state index contributed by atoms with van der Waals surface area (Å²) in [4.78, 5) is 17.0. The molecule has 1 aliphatic carbocycles. The van der Waals surface area contributed by atoms with E-state index < -0.39 is 0 Å². The van der Waals surface area contributed by atoms with Crippen LogP contribution in [-0.2, 0) is 4.79 Å². The summed E-state index contributed by atoms with van der Waals surface area (Å²) < 4.78 is 0. The summed E-state index contributed by atoms with van der Waals surface area (Å²) in [7, 11) is 0. The van der Waals surface area contributed by atoms with E-state index >= 15 is 0 Å². The third kappa shape index (κ3) is 6.23. The molecular weight excluding hydrogens is 370 g/mol. The molecule has 1 heterocycles. The highest BCUT2D eigenvalue weighted by molar-refractivity contribution is 5.78. The van der Waals surface area contributed by atoms with Gasteiger partial charge in [-0.3, -0.25) is 9.69 Å². The van der Waals surface area contributed by atoms with Crippen LogP contribution in [0, 0.1) is 11.3 Å². The van der Waals surface area contributed by atoms with E-state index in [1.165, 1.54) is 31.4 Å². The number of carbonyl (C=O) groups excluding carboxylic acids is 1. The van der Waals surface area contributed by atoms with Crippen molar-refractivity contribution in [2.24, 2.45) is 11.3 Å². The first-order chi connectivity index (χ1) is 14.4. The quantitative estimate of drug-likeness (QED) is 0.636. The molecule has 0 unspecified atom stereocenters. The fourth-order valence-electron chi connectivity index (χ4n) is 5.20. The fourth-order valence-corrected chi connectivity index (χ4v) is 5.20. The molecule has 2 aliphatic rings. The number of hydrogen-bond acceptors (Lipinski definition) is 3. The van der Waals surface area contributed by atoms with Crippen molar-refractivity contribution in [1.29, 1.82) is 0 Å². The average molecular weight is 414 g/mol. The first-order valence-electron chi connectivity index (χ1n) is 12.2. The Bertz CT molecular complexity index is 665. The van der Waals surface area contributed by atoms with Crippen LogP contribution in [0.25, 0.3) is 0 Å². The Morgan fingerprint density at radius 2 is 1.70 bits per heavy atom. The third-order valence-corrected chi connectivity index (χ3v) is 7.26. The van der Waals surface area contributed by atoms with Gasteiger partial charge in [0.25, 0.3) is 0 Å². The first kappa shape index (κ1) is 23.1. The van der Waals surface area contributed by atoms with Gasteiger partial charge in [-0.25, -0.2) is 0 Å². The fraction of sp³-hybridized carbons (Fsp3) is 0.731. The summed E-state index contributed by atoms with van der Waals surface area (Å²) in [6.07, 6.45) is 7.52. The van der Waals surface area contributed by atoms with E-state index in [1.807, 2.05) is 0 Å². The van der Waals surface area contributed by atoms with Crippen LogP contribution >= 0.6 is 0 Å². The van der Waals surface area contributed by atoms with Crippen molar-refractivity contribution in [2.45, 2.75) is 72.1 Å². The number of amides is 1. The van der Waals surface area contributed by atoms with Crippen LogP contribution in [0.15, 0.2) is 24.3 Å². The molecule has 1 aliphatic heterocycles. The van der Waals surface area contributed by atoms with Gasteiger partial charge in [0.05, 0.1) is 6.54 Å². The summed E-state index contributed by atoms with van der Waals surface area (Å²) in [5.41, 5.74) is 3.42. The molecule has 168 valence electrons. The van der Waals surface area contributed by atoms with Crippen LogP contribution in [0.4, 0.5) is 5.69 Å². The zero-order valence-electron chi connectivity index (χ0n) is 19.8. The van der Waals surface area contributed by atoms with Crippen molar-refractivity contribution < 1.29 is 4.79 Å². The number of carbonyl (C=O) groups is 1. The van der Waals surface area contributed by atoms with E-state index in [0.29, 0.717) is 17.9 Å². The Labute approximate surface area is 184 Å². The molecule has 1 saturated heterocycles. The van der Waals surface area contributed by atoms with Crippen LogP contribution in [-0.4, -0.2) is 50.1 Å². The number of hydrogen-bond donors (Lipinski definition) is 1. The van der Waals surface area contributed by atoms with Gasteiger partial charge in [0.1, 0.15) is 0 Å². The molecule has 1 aromatic rings. The SMILES string of the molecule is CCCCNC(=O)CN1CCN(c2ccccc2C2CCC(C(C)(C)C)CC2)CC1. The Kier molecular flexibility index (Phi) is 8.21. The predicted octanol–water partition coefficient (Wildman–Crippen LogP) is 5.04. The number of nitrogens with one attached hydrogen (secondary N) is 1. The van der Waals surface area contributed by atoms with Gasteiger partial charge in [-0.05, 0) is 61.0 Å². The maximum absolute atomic E-state index is 12.1. The summed E-state index contributed by atoms with van der Waals surface area (Å²) in [6, 6.07) is 9.09. The van der Waals surface area contributed by atoms with E-state index in [2.05, 4.69) is 67.1 Å². The molecule has 0 aromatic heterocycles. The second-order valence-electron chi connectivity index (χ2n) is 10.4. The topological polar surface area (TPSA) is 35.6 Å². The number of rotatable bonds is 7.